The second kappa shape index (κ2) is 8.58. The van der Waals surface area contributed by atoms with Gasteiger partial charge in [0.15, 0.2) is 5.76 Å². The molecule has 0 aliphatic rings. The highest BCUT2D eigenvalue weighted by molar-refractivity contribution is 5.91. The third-order valence-corrected chi connectivity index (χ3v) is 4.26. The van der Waals surface area contributed by atoms with E-state index in [1.807, 2.05) is 56.0 Å². The monoisotopic (exact) mass is 367 g/mol. The van der Waals surface area contributed by atoms with E-state index in [0.29, 0.717) is 18.1 Å². The molecule has 3 rings (SSSR count). The fraction of sp³-hybridized carbons (Fsp3) is 0.333. The van der Waals surface area contributed by atoms with Crippen LogP contribution in [0.1, 0.15) is 39.4 Å². The van der Waals surface area contributed by atoms with E-state index in [4.69, 9.17) is 9.15 Å². The highest BCUT2D eigenvalue weighted by atomic mass is 16.5. The molecule has 0 saturated heterocycles. The van der Waals surface area contributed by atoms with Crippen LogP contribution in [0.25, 0.3) is 0 Å². The summed E-state index contributed by atoms with van der Waals surface area (Å²) in [6.45, 7) is 7.64. The Balaban J connectivity index is 1.46. The summed E-state index contributed by atoms with van der Waals surface area (Å²) in [5.74, 6) is 1.55. The fourth-order valence-electron chi connectivity index (χ4n) is 2.87. The minimum Gasteiger partial charge on any atom is -0.485 e. The second-order valence-corrected chi connectivity index (χ2v) is 6.67. The maximum Gasteiger partial charge on any atom is 0.286 e. The van der Waals surface area contributed by atoms with E-state index >= 15 is 0 Å². The number of hydrogen-bond acceptors (Lipinski definition) is 4. The Morgan fingerprint density at radius 1 is 1.19 bits per heavy atom. The Bertz CT molecular complexity index is 891. The normalized spacial score (nSPS) is 10.8. The lowest BCUT2D eigenvalue weighted by atomic mass is 10.1. The lowest BCUT2D eigenvalue weighted by Gasteiger charge is -2.10. The van der Waals surface area contributed by atoms with E-state index in [9.17, 15) is 4.79 Å². The van der Waals surface area contributed by atoms with Gasteiger partial charge in [0.05, 0.1) is 6.20 Å². The number of benzene rings is 1. The first-order valence-corrected chi connectivity index (χ1v) is 9.08. The first-order chi connectivity index (χ1) is 13.0. The van der Waals surface area contributed by atoms with Crippen LogP contribution in [0, 0.1) is 20.8 Å². The maximum atomic E-state index is 12.2. The Hall–Kier alpha value is -3.02. The average Bonchev–Trinajstić information content (AvgIpc) is 3.27. The van der Waals surface area contributed by atoms with E-state index < -0.39 is 0 Å². The maximum absolute atomic E-state index is 12.2. The van der Waals surface area contributed by atoms with Crippen molar-refractivity contribution in [2.24, 2.45) is 0 Å². The van der Waals surface area contributed by atoms with Crippen molar-refractivity contribution in [3.05, 3.63) is 70.9 Å². The molecule has 0 bridgehead atoms. The topological polar surface area (TPSA) is 69.3 Å². The van der Waals surface area contributed by atoms with Crippen LogP contribution < -0.4 is 10.1 Å². The third kappa shape index (κ3) is 5.00. The SMILES string of the molecule is Cc1cnn(CCCNC(=O)c2ccc(COc3c(C)cccc3C)o2)c1. The van der Waals surface area contributed by atoms with Crippen LogP contribution in [0.5, 0.6) is 5.75 Å². The molecule has 1 aromatic carbocycles. The van der Waals surface area contributed by atoms with Gasteiger partial charge in [0.2, 0.25) is 0 Å². The summed E-state index contributed by atoms with van der Waals surface area (Å²) >= 11 is 0. The van der Waals surface area contributed by atoms with E-state index in [2.05, 4.69) is 10.4 Å². The lowest BCUT2D eigenvalue weighted by molar-refractivity contribution is 0.0920. The molecule has 0 unspecified atom stereocenters. The number of carbonyl (C=O) groups is 1. The first-order valence-electron chi connectivity index (χ1n) is 9.08. The van der Waals surface area contributed by atoms with Gasteiger partial charge in [-0.2, -0.15) is 5.10 Å². The van der Waals surface area contributed by atoms with Crippen molar-refractivity contribution in [3.63, 3.8) is 0 Å². The number of nitrogens with one attached hydrogen (secondary N) is 1. The molecule has 0 spiro atoms. The zero-order chi connectivity index (χ0) is 19.2. The molecular weight excluding hydrogens is 342 g/mol. The molecule has 2 heterocycles. The minimum absolute atomic E-state index is 0.218. The molecule has 6 nitrogen and oxygen atoms in total. The van der Waals surface area contributed by atoms with Crippen molar-refractivity contribution in [1.82, 2.24) is 15.1 Å². The van der Waals surface area contributed by atoms with E-state index in [1.165, 1.54) is 0 Å². The van der Waals surface area contributed by atoms with Crippen molar-refractivity contribution in [2.75, 3.05) is 6.54 Å². The largest absolute Gasteiger partial charge is 0.485 e. The number of para-hydroxylation sites is 1. The predicted molar refractivity (Wildman–Crippen MR) is 103 cm³/mol. The van der Waals surface area contributed by atoms with Crippen LogP contribution in [0.4, 0.5) is 0 Å². The molecule has 3 aromatic rings. The lowest BCUT2D eigenvalue weighted by Crippen LogP contribution is -2.24. The summed E-state index contributed by atoms with van der Waals surface area (Å²) in [6.07, 6.45) is 4.61. The molecule has 1 amide bonds. The minimum atomic E-state index is -0.218. The molecule has 0 aliphatic carbocycles. The number of rotatable bonds is 8. The highest BCUT2D eigenvalue weighted by Crippen LogP contribution is 2.23. The fourth-order valence-corrected chi connectivity index (χ4v) is 2.87. The van der Waals surface area contributed by atoms with Crippen LogP contribution in [-0.4, -0.2) is 22.2 Å². The standard InChI is InChI=1S/C21H25N3O3/c1-15-12-23-24(13-15)11-5-10-22-21(25)19-9-8-18(27-19)14-26-20-16(2)6-4-7-17(20)3/h4,6-9,12-13H,5,10-11,14H2,1-3H3,(H,22,25). The van der Waals surface area contributed by atoms with Crippen molar-refractivity contribution in [1.29, 1.82) is 0 Å². The number of carbonyl (C=O) groups excluding carboxylic acids is 1. The van der Waals surface area contributed by atoms with Crippen LogP contribution in [0.3, 0.4) is 0 Å². The zero-order valence-corrected chi connectivity index (χ0v) is 16.0. The molecule has 1 N–H and O–H groups in total. The van der Waals surface area contributed by atoms with Crippen LogP contribution in [0.2, 0.25) is 0 Å². The number of aromatic nitrogens is 2. The molecule has 0 saturated carbocycles. The number of ether oxygens (including phenoxy) is 1. The Kier molecular flexibility index (Phi) is 5.96. The summed E-state index contributed by atoms with van der Waals surface area (Å²) in [5.41, 5.74) is 3.28. The summed E-state index contributed by atoms with van der Waals surface area (Å²) < 4.78 is 13.3. The molecule has 0 fully saturated rings. The second-order valence-electron chi connectivity index (χ2n) is 6.67. The average molecular weight is 367 g/mol. The summed E-state index contributed by atoms with van der Waals surface area (Å²) in [5, 5.41) is 7.09. The van der Waals surface area contributed by atoms with Crippen molar-refractivity contribution in [3.8, 4) is 5.75 Å². The Morgan fingerprint density at radius 3 is 2.67 bits per heavy atom. The highest BCUT2D eigenvalue weighted by Gasteiger charge is 2.12. The molecule has 2 aromatic heterocycles. The molecular formula is C21H25N3O3. The van der Waals surface area contributed by atoms with Gasteiger partial charge in [-0.3, -0.25) is 9.48 Å². The van der Waals surface area contributed by atoms with Gasteiger partial charge in [0.1, 0.15) is 18.1 Å². The van der Waals surface area contributed by atoms with Gasteiger partial charge in [-0.05, 0) is 56.0 Å². The molecule has 0 atom stereocenters. The molecule has 0 radical (unpaired) electrons. The van der Waals surface area contributed by atoms with E-state index in [-0.39, 0.29) is 12.5 Å². The predicted octanol–water partition coefficient (Wildman–Crippen LogP) is 3.80. The third-order valence-electron chi connectivity index (χ3n) is 4.26. The van der Waals surface area contributed by atoms with E-state index in [0.717, 1.165) is 35.4 Å². The molecule has 27 heavy (non-hydrogen) atoms. The van der Waals surface area contributed by atoms with Crippen LogP contribution >= 0.6 is 0 Å². The van der Waals surface area contributed by atoms with E-state index in [1.54, 1.807) is 12.1 Å². The zero-order valence-electron chi connectivity index (χ0n) is 16.0. The van der Waals surface area contributed by atoms with Gasteiger partial charge in [-0.15, -0.1) is 0 Å². The molecule has 6 heteroatoms. The Morgan fingerprint density at radius 2 is 1.96 bits per heavy atom. The van der Waals surface area contributed by atoms with Gasteiger partial charge >= 0.3 is 0 Å². The van der Waals surface area contributed by atoms with Crippen LogP contribution in [0.15, 0.2) is 47.1 Å². The van der Waals surface area contributed by atoms with Gasteiger partial charge in [-0.1, -0.05) is 18.2 Å². The van der Waals surface area contributed by atoms with Gasteiger partial charge in [0, 0.05) is 19.3 Å². The van der Waals surface area contributed by atoms with Crippen LogP contribution in [-0.2, 0) is 13.2 Å². The van der Waals surface area contributed by atoms with Gasteiger partial charge < -0.3 is 14.5 Å². The summed E-state index contributed by atoms with van der Waals surface area (Å²) in [6, 6.07) is 9.47. The van der Waals surface area contributed by atoms with Crippen molar-refractivity contribution in [2.45, 2.75) is 40.3 Å². The summed E-state index contributed by atoms with van der Waals surface area (Å²) in [7, 11) is 0. The van der Waals surface area contributed by atoms with Crippen molar-refractivity contribution >= 4 is 5.91 Å². The molecule has 142 valence electrons. The van der Waals surface area contributed by atoms with Crippen molar-refractivity contribution < 1.29 is 13.9 Å². The summed E-state index contributed by atoms with van der Waals surface area (Å²) in [4.78, 5) is 12.2. The number of hydrogen-bond donors (Lipinski definition) is 1. The first kappa shape index (κ1) is 18.8. The number of nitrogens with zero attached hydrogens (tertiary/aromatic N) is 2. The molecule has 0 aliphatic heterocycles. The van der Waals surface area contributed by atoms with Gasteiger partial charge in [0.25, 0.3) is 5.91 Å². The number of aryl methyl sites for hydroxylation is 4. The Labute approximate surface area is 159 Å². The smallest absolute Gasteiger partial charge is 0.286 e. The van der Waals surface area contributed by atoms with Gasteiger partial charge in [-0.25, -0.2) is 0 Å². The number of amides is 1. The quantitative estimate of drug-likeness (QED) is 0.615. The number of furan rings is 1.